The van der Waals surface area contributed by atoms with Crippen LogP contribution >= 0.6 is 0 Å². The molecule has 0 aliphatic carbocycles. The smallest absolute Gasteiger partial charge is 0.574 e. The SMILES string of the molecule is CC(=O)C=C(C)O.Cc1cc(-c2ccccn2)[n-]n1.Cc1cc(-c2ccccn2)[n-]n1.Cc1cccc2nc(-c3[c-]cccc3)ccc12.Cc1n[n-]c(-c2ccccn2)n1.Oc1ccccc1-c1cccc(-c2cccc(-c3ccccc3O)n2)n1.[CH-]=O.[CH-]=O.[Ir].[Ir].[Ir].[Os].[Pt+2].[Pt].[c-]1ccccc1-c1nccc2ccccc12.[c-]1ccccc1-c1nccc2ccccc12. The number of phenols is 2. The second-order valence-corrected chi connectivity index (χ2v) is 26.2. The van der Waals surface area contributed by atoms with Crippen LogP contribution in [-0.2, 0) is 137 Å². The fraction of sp³-hybridized carbons (Fsp3) is 0.0594. The molecule has 11 aromatic heterocycles. The topological polar surface area (TPSA) is 309 Å². The summed E-state index contributed by atoms with van der Waals surface area (Å²) in [6.07, 6.45) is 10.1. The van der Waals surface area contributed by atoms with Crippen LogP contribution in [0.2, 0.25) is 0 Å². The zero-order chi connectivity index (χ0) is 86.2. The number of aliphatic hydroxyl groups excluding tert-OH is 1. The minimum Gasteiger partial charge on any atom is -0.574 e. The number of fused-ring (bicyclic) bond motifs is 3. The van der Waals surface area contributed by atoms with Gasteiger partial charge in [-0.15, -0.1) is 108 Å². The van der Waals surface area contributed by atoms with Gasteiger partial charge in [0.05, 0.1) is 39.7 Å². The molecule has 19 aromatic rings. The Morgan fingerprint density at radius 1 is 0.367 bits per heavy atom. The maximum atomic E-state index is 10.1. The van der Waals surface area contributed by atoms with E-state index in [1.54, 1.807) is 49.8 Å². The van der Waals surface area contributed by atoms with Crippen molar-refractivity contribution in [2.24, 2.45) is 0 Å². The molecule has 8 aromatic carbocycles. The Morgan fingerprint density at radius 2 is 0.766 bits per heavy atom. The Balaban J connectivity index is 0.000000309. The zero-order valence-corrected chi connectivity index (χ0v) is 83.7. The van der Waals surface area contributed by atoms with Gasteiger partial charge >= 0.3 is 21.1 Å². The standard InChI is InChI=1S/C22H16N2O2.C16H12N.2C15H10N.2C9H8N3.C8H7N4.C5H8O2.2CHO.3Ir.Os.2Pt/c25-21-13-3-1-7-15(21)17-9-5-11-19(23-17)20-12-6-10-18(24-20)16-8-2-4-14-22(16)26;1-12-6-5-9-16-14(12)10-11-15(17-16)13-7-3-2-4-8-13;2*1-2-7-13(8-3-1)15-14-9-5-4-6-12(14)10-11-16-15;2*1-7-6-9(12-11-7)8-4-2-3-5-10-8;1-6-10-8(12-11-6)7-4-2-3-5-9-7;1-4(6)3-5(2)7;2*1-2;;;;;;/h1-14,25-26H;2-7,9-11H,1H3;2*1-7,9-11H;2*2-6H,1H3;2-5H,1H3;3,6H,1-2H3;2*1H;;;;;;/q;6*-1;;2*-1;;;;;;+2. The van der Waals surface area contributed by atoms with Crippen LogP contribution in [0.4, 0.5) is 0 Å². The van der Waals surface area contributed by atoms with Gasteiger partial charge in [0.25, 0.3) is 0 Å². The van der Waals surface area contributed by atoms with E-state index >= 15 is 0 Å². The van der Waals surface area contributed by atoms with E-state index in [4.69, 9.17) is 14.7 Å². The molecule has 0 unspecified atom stereocenters. The molecular formula is C101H81Ir3N15O6OsPt2-6. The number of ketones is 1. The number of phenolic OH excluding ortho intramolecular Hbond substituents is 2. The summed E-state index contributed by atoms with van der Waals surface area (Å²) in [6.45, 7) is 17.1. The van der Waals surface area contributed by atoms with Gasteiger partial charge in [0.15, 0.2) is 5.78 Å². The van der Waals surface area contributed by atoms with E-state index in [9.17, 15) is 15.0 Å². The second-order valence-electron chi connectivity index (χ2n) is 26.2. The fourth-order valence-corrected chi connectivity index (χ4v) is 11.9. The number of hydrogen-bond acceptors (Lipinski definition) is 18. The van der Waals surface area contributed by atoms with Crippen LogP contribution < -0.4 is 15.3 Å². The number of benzene rings is 8. The first-order valence-corrected chi connectivity index (χ1v) is 38.0. The third-order valence-electron chi connectivity index (χ3n) is 17.4. The molecule has 128 heavy (non-hydrogen) atoms. The number of hydrogen-bond donors (Lipinski definition) is 3. The van der Waals surface area contributed by atoms with Crippen molar-refractivity contribution >= 4 is 51.8 Å². The van der Waals surface area contributed by atoms with Gasteiger partial charge in [-0.25, -0.2) is 9.97 Å². The third kappa shape index (κ3) is 32.7. The van der Waals surface area contributed by atoms with E-state index in [2.05, 4.69) is 163 Å². The number of carbonyl (C=O) groups is 1. The molecule has 0 atom stereocenters. The Labute approximate surface area is 825 Å². The molecule has 21 nitrogen and oxygen atoms in total. The van der Waals surface area contributed by atoms with Crippen molar-refractivity contribution in [3.8, 4) is 113 Å². The summed E-state index contributed by atoms with van der Waals surface area (Å²) in [4.78, 5) is 64.9. The summed E-state index contributed by atoms with van der Waals surface area (Å²) in [5.41, 5.74) is 18.5. The van der Waals surface area contributed by atoms with Crippen LogP contribution in [0.1, 0.15) is 36.6 Å². The number of carbonyl (C=O) groups excluding carboxylic acids is 3. The molecule has 3 N–H and O–H groups in total. The van der Waals surface area contributed by atoms with Crippen molar-refractivity contribution in [1.29, 1.82) is 0 Å². The average Bonchev–Trinajstić information content (AvgIpc) is 1.32. The van der Waals surface area contributed by atoms with Gasteiger partial charge in [0.1, 0.15) is 11.5 Å². The minimum atomic E-state index is -0.125. The van der Waals surface area contributed by atoms with E-state index in [1.165, 1.54) is 52.4 Å². The molecule has 11 heterocycles. The maximum Gasteiger partial charge on any atom is 2.00 e. The number of aromatic nitrogens is 15. The molecule has 0 aliphatic heterocycles. The molecule has 27 heteroatoms. The van der Waals surface area contributed by atoms with Crippen LogP contribution in [-0.4, -0.2) is 94.8 Å². The van der Waals surface area contributed by atoms with E-state index in [1.807, 2.05) is 269 Å². The van der Waals surface area contributed by atoms with Gasteiger partial charge < -0.3 is 65.4 Å². The third-order valence-corrected chi connectivity index (χ3v) is 17.4. The van der Waals surface area contributed by atoms with Crippen molar-refractivity contribution in [3.05, 3.63) is 399 Å². The Bertz CT molecular complexity index is 6100. The minimum absolute atomic E-state index is 0. The number of allylic oxidation sites excluding steroid dienone is 2. The largest absolute Gasteiger partial charge is 2.00 e. The maximum absolute atomic E-state index is 10.1. The first kappa shape index (κ1) is 108. The zero-order valence-electron chi connectivity index (χ0n) is 69.4. The number of rotatable bonds is 10. The first-order valence-electron chi connectivity index (χ1n) is 38.0. The van der Waals surface area contributed by atoms with Gasteiger partial charge in [-0.05, 0) is 195 Å². The predicted molar refractivity (Wildman–Crippen MR) is 479 cm³/mol. The number of nitrogens with zero attached hydrogens (tertiary/aromatic N) is 15. The van der Waals surface area contributed by atoms with Gasteiger partial charge in [0.2, 0.25) is 0 Å². The molecule has 3 radical (unpaired) electrons. The molecule has 0 saturated carbocycles. The number of para-hydroxylation sites is 2. The number of aryl methyl sites for hydroxylation is 4. The monoisotopic (exact) mass is 2760 g/mol. The van der Waals surface area contributed by atoms with Crippen LogP contribution in [0.5, 0.6) is 11.5 Å². The van der Waals surface area contributed by atoms with E-state index in [0.29, 0.717) is 45.6 Å². The van der Waals surface area contributed by atoms with Gasteiger partial charge in [0, 0.05) is 183 Å². The molecular weight excluding hydrogens is 2680 g/mol. The molecule has 0 aliphatic rings. The van der Waals surface area contributed by atoms with Crippen molar-refractivity contribution < 1.29 is 152 Å². The summed E-state index contributed by atoms with van der Waals surface area (Å²) in [6, 6.07) is 111. The first-order chi connectivity index (χ1) is 59.7. The summed E-state index contributed by atoms with van der Waals surface area (Å²) in [5.74, 6) is 1.58. The van der Waals surface area contributed by atoms with Crippen molar-refractivity contribution in [3.63, 3.8) is 0 Å². The molecule has 0 bridgehead atoms. The van der Waals surface area contributed by atoms with Crippen LogP contribution in [0.25, 0.3) is 134 Å². The normalized spacial score (nSPS) is 9.72. The van der Waals surface area contributed by atoms with Gasteiger partial charge in [-0.2, -0.15) is 0 Å². The summed E-state index contributed by atoms with van der Waals surface area (Å²) >= 11 is 0. The van der Waals surface area contributed by atoms with Crippen molar-refractivity contribution in [1.82, 2.24) is 75.4 Å². The number of aliphatic hydroxyl groups is 1. The Morgan fingerprint density at radius 3 is 1.15 bits per heavy atom. The Kier molecular flexibility index (Phi) is 48.7. The van der Waals surface area contributed by atoms with Gasteiger partial charge in [-0.1, -0.05) is 151 Å². The number of pyridine rings is 8. The number of aromatic hydroxyl groups is 2. The van der Waals surface area contributed by atoms with E-state index in [-0.39, 0.29) is 145 Å². The molecule has 19 rings (SSSR count). The molecule has 0 spiro atoms. The predicted octanol–water partition coefficient (Wildman–Crippen LogP) is 20.4. The van der Waals surface area contributed by atoms with Crippen LogP contribution in [0.15, 0.2) is 358 Å². The van der Waals surface area contributed by atoms with Gasteiger partial charge in [-0.3, -0.25) is 43.4 Å². The molecule has 0 amide bonds. The van der Waals surface area contributed by atoms with Crippen LogP contribution in [0, 0.1) is 45.9 Å². The summed E-state index contributed by atoms with van der Waals surface area (Å²) in [5, 5.41) is 57.9. The van der Waals surface area contributed by atoms with Crippen molar-refractivity contribution in [2.75, 3.05) is 0 Å². The van der Waals surface area contributed by atoms with Crippen LogP contribution in [0.3, 0.4) is 0 Å². The summed E-state index contributed by atoms with van der Waals surface area (Å²) in [7, 11) is 0. The quantitative estimate of drug-likeness (QED) is 0.0496. The van der Waals surface area contributed by atoms with E-state index < -0.39 is 0 Å². The average molecular weight is 2760 g/mol. The molecule has 0 saturated heterocycles. The Hall–Kier alpha value is -12.6. The molecule has 657 valence electrons. The molecule has 0 fully saturated rings. The fourth-order valence-electron chi connectivity index (χ4n) is 11.9. The van der Waals surface area contributed by atoms with Crippen molar-refractivity contribution in [2.45, 2.75) is 41.5 Å². The summed E-state index contributed by atoms with van der Waals surface area (Å²) < 4.78 is 0. The van der Waals surface area contributed by atoms with E-state index in [0.717, 1.165) is 79.1 Å². The second kappa shape index (κ2) is 57.9.